The SMILES string of the molecule is C[C@H](C(=O)NC[C@H]1CCCO1)[C@@H]1Sc2ccccc2N(Cc2ccc(F)cc2Cl)C1=O. The summed E-state index contributed by atoms with van der Waals surface area (Å²) in [5, 5.41) is 2.63. The van der Waals surface area contributed by atoms with Gasteiger partial charge in [-0.3, -0.25) is 9.59 Å². The molecule has 1 fully saturated rings. The molecule has 2 amide bonds. The summed E-state index contributed by atoms with van der Waals surface area (Å²) >= 11 is 7.62. The van der Waals surface area contributed by atoms with E-state index >= 15 is 0 Å². The topological polar surface area (TPSA) is 58.6 Å². The molecular weight excluding hydrogens is 439 g/mol. The Labute approximate surface area is 190 Å². The molecule has 2 aromatic carbocycles. The molecule has 1 saturated heterocycles. The summed E-state index contributed by atoms with van der Waals surface area (Å²) in [5.74, 6) is -1.29. The monoisotopic (exact) mass is 462 g/mol. The van der Waals surface area contributed by atoms with Crippen LogP contribution in [0.15, 0.2) is 47.4 Å². The summed E-state index contributed by atoms with van der Waals surface area (Å²) in [6.07, 6.45) is 1.99. The zero-order valence-corrected chi connectivity index (χ0v) is 18.7. The first-order valence-corrected chi connectivity index (χ1v) is 11.6. The first-order chi connectivity index (χ1) is 14.9. The number of ether oxygens (including phenoxy) is 1. The van der Waals surface area contributed by atoms with Crippen molar-refractivity contribution in [3.8, 4) is 0 Å². The molecule has 2 heterocycles. The van der Waals surface area contributed by atoms with Gasteiger partial charge in [0.2, 0.25) is 11.8 Å². The first kappa shape index (κ1) is 22.1. The summed E-state index contributed by atoms with van der Waals surface area (Å²) in [6.45, 7) is 3.17. The molecule has 2 aromatic rings. The van der Waals surface area contributed by atoms with Gasteiger partial charge in [0.1, 0.15) is 11.1 Å². The molecular formula is C23H24ClFN2O3S. The quantitative estimate of drug-likeness (QED) is 0.690. The maximum absolute atomic E-state index is 13.5. The lowest BCUT2D eigenvalue weighted by molar-refractivity contribution is -0.128. The van der Waals surface area contributed by atoms with E-state index in [-0.39, 0.29) is 29.5 Å². The molecule has 8 heteroatoms. The number of nitrogens with one attached hydrogen (secondary N) is 1. The maximum atomic E-state index is 13.5. The lowest BCUT2D eigenvalue weighted by Crippen LogP contribution is -2.48. The third kappa shape index (κ3) is 4.89. The molecule has 0 radical (unpaired) electrons. The Bertz CT molecular complexity index is 983. The molecule has 0 aliphatic carbocycles. The number of thioether (sulfide) groups is 1. The summed E-state index contributed by atoms with van der Waals surface area (Å²) in [7, 11) is 0. The van der Waals surface area contributed by atoms with Crippen LogP contribution in [-0.4, -0.2) is 36.3 Å². The maximum Gasteiger partial charge on any atom is 0.241 e. The van der Waals surface area contributed by atoms with Gasteiger partial charge in [0.05, 0.1) is 24.3 Å². The number of halogens is 2. The van der Waals surface area contributed by atoms with Crippen molar-refractivity contribution in [3.63, 3.8) is 0 Å². The first-order valence-electron chi connectivity index (χ1n) is 10.3. The van der Waals surface area contributed by atoms with Crippen LogP contribution >= 0.6 is 23.4 Å². The van der Waals surface area contributed by atoms with Crippen LogP contribution in [-0.2, 0) is 20.9 Å². The van der Waals surface area contributed by atoms with E-state index < -0.39 is 17.0 Å². The number of benzene rings is 2. The highest BCUT2D eigenvalue weighted by Gasteiger charge is 2.39. The van der Waals surface area contributed by atoms with Gasteiger partial charge in [0.25, 0.3) is 0 Å². The normalized spacial score (nSPS) is 21.6. The highest BCUT2D eigenvalue weighted by atomic mass is 35.5. The molecule has 0 saturated carbocycles. The third-order valence-corrected chi connectivity index (χ3v) is 7.47. The van der Waals surface area contributed by atoms with Gasteiger partial charge in [0, 0.05) is 23.1 Å². The molecule has 3 atom stereocenters. The predicted molar refractivity (Wildman–Crippen MR) is 120 cm³/mol. The highest BCUT2D eigenvalue weighted by Crippen LogP contribution is 2.42. The smallest absolute Gasteiger partial charge is 0.241 e. The number of nitrogens with zero attached hydrogens (tertiary/aromatic N) is 1. The molecule has 0 aromatic heterocycles. The van der Waals surface area contributed by atoms with Crippen LogP contribution in [0.4, 0.5) is 10.1 Å². The fourth-order valence-electron chi connectivity index (χ4n) is 3.86. The van der Waals surface area contributed by atoms with Crippen molar-refractivity contribution in [3.05, 3.63) is 58.9 Å². The molecule has 2 aliphatic rings. The Morgan fingerprint density at radius 3 is 2.90 bits per heavy atom. The molecule has 0 unspecified atom stereocenters. The van der Waals surface area contributed by atoms with E-state index in [2.05, 4.69) is 5.32 Å². The van der Waals surface area contributed by atoms with Gasteiger partial charge in [-0.25, -0.2) is 4.39 Å². The number of para-hydroxylation sites is 1. The minimum Gasteiger partial charge on any atom is -0.376 e. The minimum absolute atomic E-state index is 0.0451. The van der Waals surface area contributed by atoms with E-state index in [1.165, 1.54) is 23.9 Å². The number of rotatable bonds is 6. The summed E-state index contributed by atoms with van der Waals surface area (Å²) < 4.78 is 19.0. The van der Waals surface area contributed by atoms with Crippen LogP contribution in [0.2, 0.25) is 5.02 Å². The predicted octanol–water partition coefficient (Wildman–Crippen LogP) is 4.42. The second-order valence-electron chi connectivity index (χ2n) is 7.84. The summed E-state index contributed by atoms with van der Waals surface area (Å²) in [4.78, 5) is 28.8. The van der Waals surface area contributed by atoms with E-state index in [1.807, 2.05) is 24.3 Å². The number of carbonyl (C=O) groups is 2. The van der Waals surface area contributed by atoms with Gasteiger partial charge in [-0.2, -0.15) is 0 Å². The van der Waals surface area contributed by atoms with E-state index in [0.29, 0.717) is 12.1 Å². The fourth-order valence-corrected chi connectivity index (χ4v) is 5.37. The Balaban J connectivity index is 1.54. The van der Waals surface area contributed by atoms with E-state index in [1.54, 1.807) is 17.9 Å². The van der Waals surface area contributed by atoms with E-state index in [4.69, 9.17) is 16.3 Å². The van der Waals surface area contributed by atoms with Crippen molar-refractivity contribution in [1.29, 1.82) is 0 Å². The van der Waals surface area contributed by atoms with Crippen molar-refractivity contribution in [2.75, 3.05) is 18.1 Å². The van der Waals surface area contributed by atoms with Crippen molar-refractivity contribution < 1.29 is 18.7 Å². The average molecular weight is 463 g/mol. The van der Waals surface area contributed by atoms with Gasteiger partial charge in [0.15, 0.2) is 0 Å². The molecule has 0 spiro atoms. The second-order valence-corrected chi connectivity index (χ2v) is 9.43. The van der Waals surface area contributed by atoms with Crippen LogP contribution in [0.25, 0.3) is 0 Å². The Morgan fingerprint density at radius 2 is 2.16 bits per heavy atom. The molecule has 5 nitrogen and oxygen atoms in total. The van der Waals surface area contributed by atoms with Crippen molar-refractivity contribution in [1.82, 2.24) is 5.32 Å². The van der Waals surface area contributed by atoms with Crippen LogP contribution < -0.4 is 10.2 Å². The average Bonchev–Trinajstić information content (AvgIpc) is 3.28. The summed E-state index contributed by atoms with van der Waals surface area (Å²) in [5.41, 5.74) is 1.41. The van der Waals surface area contributed by atoms with E-state index in [9.17, 15) is 14.0 Å². The van der Waals surface area contributed by atoms with Crippen LogP contribution in [0.5, 0.6) is 0 Å². The molecule has 1 N–H and O–H groups in total. The standard InChI is InChI=1S/C23H24ClFN2O3S/c1-14(22(28)26-12-17-5-4-10-30-17)21-23(29)27(19-6-2-3-7-20(19)31-21)13-15-8-9-16(25)11-18(15)24/h2-3,6-9,11,14,17,21H,4-5,10,12-13H2,1H3,(H,26,28)/t14-,17+,21-/m0/s1. The van der Waals surface area contributed by atoms with Gasteiger partial charge in [-0.05, 0) is 42.7 Å². The lowest BCUT2D eigenvalue weighted by atomic mass is 10.0. The number of hydrogen-bond acceptors (Lipinski definition) is 4. The molecule has 4 rings (SSSR count). The molecule has 31 heavy (non-hydrogen) atoms. The number of hydrogen-bond donors (Lipinski definition) is 1. The Morgan fingerprint density at radius 1 is 1.35 bits per heavy atom. The second kappa shape index (κ2) is 9.59. The van der Waals surface area contributed by atoms with Gasteiger partial charge >= 0.3 is 0 Å². The Hall–Kier alpha value is -2.09. The van der Waals surface area contributed by atoms with Crippen molar-refractivity contribution in [2.45, 2.75) is 42.6 Å². The zero-order valence-electron chi connectivity index (χ0n) is 17.1. The van der Waals surface area contributed by atoms with Crippen molar-refractivity contribution >= 4 is 40.9 Å². The Kier molecular flexibility index (Phi) is 6.84. The van der Waals surface area contributed by atoms with Gasteiger partial charge < -0.3 is 15.0 Å². The highest BCUT2D eigenvalue weighted by molar-refractivity contribution is 8.01. The van der Waals surface area contributed by atoms with Crippen LogP contribution in [0.3, 0.4) is 0 Å². The molecule has 164 valence electrons. The summed E-state index contributed by atoms with van der Waals surface area (Å²) in [6, 6.07) is 11.7. The van der Waals surface area contributed by atoms with Gasteiger partial charge in [-0.15, -0.1) is 11.8 Å². The largest absolute Gasteiger partial charge is 0.376 e. The minimum atomic E-state index is -0.571. The van der Waals surface area contributed by atoms with E-state index in [0.717, 1.165) is 30.0 Å². The third-order valence-electron chi connectivity index (χ3n) is 5.66. The zero-order chi connectivity index (χ0) is 22.0. The number of anilines is 1. The van der Waals surface area contributed by atoms with Gasteiger partial charge in [-0.1, -0.05) is 36.7 Å². The number of carbonyl (C=O) groups excluding carboxylic acids is 2. The van der Waals surface area contributed by atoms with Crippen LogP contribution in [0, 0.1) is 11.7 Å². The number of amides is 2. The molecule has 0 bridgehead atoms. The molecule has 2 aliphatic heterocycles. The van der Waals surface area contributed by atoms with Crippen molar-refractivity contribution in [2.24, 2.45) is 5.92 Å². The fraction of sp³-hybridized carbons (Fsp3) is 0.391. The lowest BCUT2D eigenvalue weighted by Gasteiger charge is -2.36. The number of fused-ring (bicyclic) bond motifs is 1. The van der Waals surface area contributed by atoms with Crippen LogP contribution in [0.1, 0.15) is 25.3 Å².